The van der Waals surface area contributed by atoms with Gasteiger partial charge in [-0.3, -0.25) is 4.72 Å². The summed E-state index contributed by atoms with van der Waals surface area (Å²) >= 11 is 0. The van der Waals surface area contributed by atoms with E-state index in [-0.39, 0.29) is 0 Å². The van der Waals surface area contributed by atoms with E-state index in [4.69, 9.17) is 0 Å². The maximum absolute atomic E-state index is 11.5. The summed E-state index contributed by atoms with van der Waals surface area (Å²) in [6.07, 6.45) is 5.95. The molecule has 25 heavy (non-hydrogen) atoms. The first kappa shape index (κ1) is 15.9. The Hall–Kier alpha value is -2.60. The van der Waals surface area contributed by atoms with Crippen LogP contribution in [-0.4, -0.2) is 24.2 Å². The van der Waals surface area contributed by atoms with E-state index >= 15 is 0 Å². The number of nitrogens with one attached hydrogen (secondary N) is 1. The molecule has 3 aromatic rings. The van der Waals surface area contributed by atoms with Crippen LogP contribution in [-0.2, 0) is 23.0 Å². The molecular weight excluding hydrogens is 334 g/mol. The van der Waals surface area contributed by atoms with Crippen molar-refractivity contribution in [2.24, 2.45) is 0 Å². The maximum atomic E-state index is 11.5. The van der Waals surface area contributed by atoms with Crippen molar-refractivity contribution in [1.82, 2.24) is 9.55 Å². The molecule has 1 aliphatic rings. The van der Waals surface area contributed by atoms with Crippen LogP contribution >= 0.6 is 0 Å². The van der Waals surface area contributed by atoms with Crippen molar-refractivity contribution in [1.29, 1.82) is 0 Å². The smallest absolute Gasteiger partial charge is 0.229 e. The molecule has 1 aliphatic heterocycles. The third-order valence-corrected chi connectivity index (χ3v) is 5.13. The van der Waals surface area contributed by atoms with E-state index in [1.807, 2.05) is 36.7 Å². The van der Waals surface area contributed by atoms with Crippen LogP contribution in [0.25, 0.3) is 11.1 Å². The first-order valence-corrected chi connectivity index (χ1v) is 10.1. The zero-order valence-electron chi connectivity index (χ0n) is 13.9. The van der Waals surface area contributed by atoms with E-state index in [1.165, 1.54) is 5.56 Å². The summed E-state index contributed by atoms with van der Waals surface area (Å²) in [7, 11) is -3.29. The summed E-state index contributed by atoms with van der Waals surface area (Å²) in [6.45, 7) is 0.924. The van der Waals surface area contributed by atoms with Crippen molar-refractivity contribution in [3.8, 4) is 11.1 Å². The molecule has 0 radical (unpaired) electrons. The van der Waals surface area contributed by atoms with Crippen LogP contribution < -0.4 is 4.72 Å². The minimum atomic E-state index is -3.29. The summed E-state index contributed by atoms with van der Waals surface area (Å²) in [5, 5.41) is 0. The number of nitrogens with zero attached hydrogens (tertiary/aromatic N) is 2. The minimum Gasteiger partial charge on any atom is -0.334 e. The van der Waals surface area contributed by atoms with Crippen LogP contribution in [0, 0.1) is 0 Å². The lowest BCUT2D eigenvalue weighted by atomic mass is 9.89. The summed E-state index contributed by atoms with van der Waals surface area (Å²) in [5.41, 5.74) is 3.99. The molecule has 0 unspecified atom stereocenters. The molecular formula is C19H19N3O2S. The van der Waals surface area contributed by atoms with Gasteiger partial charge in [-0.25, -0.2) is 13.4 Å². The average molecular weight is 353 g/mol. The van der Waals surface area contributed by atoms with E-state index in [2.05, 4.69) is 32.5 Å². The summed E-state index contributed by atoms with van der Waals surface area (Å²) in [5.74, 6) is 1.50. The molecule has 0 bridgehead atoms. The average Bonchev–Trinajstić information content (AvgIpc) is 3.15. The number of aromatic nitrogens is 2. The monoisotopic (exact) mass is 353 g/mol. The van der Waals surface area contributed by atoms with Crippen LogP contribution in [0.4, 0.5) is 5.69 Å². The molecule has 0 spiro atoms. The van der Waals surface area contributed by atoms with E-state index in [1.54, 1.807) is 6.07 Å². The van der Waals surface area contributed by atoms with Crippen molar-refractivity contribution in [2.75, 3.05) is 11.0 Å². The zero-order valence-corrected chi connectivity index (χ0v) is 14.7. The molecule has 0 aliphatic carbocycles. The minimum absolute atomic E-state index is 0.381. The highest BCUT2D eigenvalue weighted by Gasteiger charge is 2.25. The number of benzene rings is 2. The molecule has 0 amide bonds. The van der Waals surface area contributed by atoms with Gasteiger partial charge < -0.3 is 4.57 Å². The molecule has 1 aromatic heterocycles. The number of imidazole rings is 1. The lowest BCUT2D eigenvalue weighted by Crippen LogP contribution is -2.09. The van der Waals surface area contributed by atoms with Gasteiger partial charge in [-0.05, 0) is 28.8 Å². The van der Waals surface area contributed by atoms with E-state index < -0.39 is 10.0 Å². The molecule has 1 atom stereocenters. The standard InChI is InChI=1S/C19H19N3O2S/c1-25(23,24)21-16-6-4-5-14(11-16)17-7-2-3-8-18(17)15-12-19-20-9-10-22(19)13-15/h2-11,15,21H,12-13H2,1H3/t15-/m1/s1. The van der Waals surface area contributed by atoms with Gasteiger partial charge in [0, 0.05) is 37.0 Å². The quantitative estimate of drug-likeness (QED) is 0.783. The predicted molar refractivity (Wildman–Crippen MR) is 99.0 cm³/mol. The highest BCUT2D eigenvalue weighted by atomic mass is 32.2. The Kier molecular flexibility index (Phi) is 3.84. The normalized spacial score (nSPS) is 16.6. The highest BCUT2D eigenvalue weighted by Crippen LogP contribution is 2.36. The van der Waals surface area contributed by atoms with Gasteiger partial charge in [0.25, 0.3) is 0 Å². The van der Waals surface area contributed by atoms with Crippen LogP contribution in [0.3, 0.4) is 0 Å². The van der Waals surface area contributed by atoms with Crippen molar-refractivity contribution in [3.63, 3.8) is 0 Å². The summed E-state index contributed by atoms with van der Waals surface area (Å²) in [4.78, 5) is 4.42. The SMILES string of the molecule is CS(=O)(=O)Nc1cccc(-c2ccccc2[C@@H]2Cc3nccn3C2)c1. The molecule has 0 saturated carbocycles. The number of hydrogen-bond acceptors (Lipinski definition) is 3. The second kappa shape index (κ2) is 6.04. The first-order chi connectivity index (χ1) is 12.0. The van der Waals surface area contributed by atoms with Crippen molar-refractivity contribution >= 4 is 15.7 Å². The van der Waals surface area contributed by atoms with Gasteiger partial charge in [0.2, 0.25) is 10.0 Å². The molecule has 2 heterocycles. The number of fused-ring (bicyclic) bond motifs is 1. The van der Waals surface area contributed by atoms with Crippen molar-refractivity contribution in [3.05, 3.63) is 72.3 Å². The summed E-state index contributed by atoms with van der Waals surface area (Å²) < 4.78 is 27.7. The number of hydrogen-bond donors (Lipinski definition) is 1. The number of rotatable bonds is 4. The Morgan fingerprint density at radius 1 is 1.16 bits per heavy atom. The van der Waals surface area contributed by atoms with Gasteiger partial charge in [-0.15, -0.1) is 0 Å². The van der Waals surface area contributed by atoms with Gasteiger partial charge in [0.05, 0.1) is 6.26 Å². The molecule has 2 aromatic carbocycles. The lowest BCUT2D eigenvalue weighted by Gasteiger charge is -2.16. The Morgan fingerprint density at radius 2 is 2.00 bits per heavy atom. The first-order valence-electron chi connectivity index (χ1n) is 8.17. The third kappa shape index (κ3) is 3.30. The summed E-state index contributed by atoms with van der Waals surface area (Å²) in [6, 6.07) is 15.9. The third-order valence-electron chi connectivity index (χ3n) is 4.53. The molecule has 0 fully saturated rings. The Labute approximate surface area is 147 Å². The van der Waals surface area contributed by atoms with Crippen LogP contribution in [0.1, 0.15) is 17.3 Å². The molecule has 6 heteroatoms. The second-order valence-corrected chi connectivity index (χ2v) is 8.19. The largest absolute Gasteiger partial charge is 0.334 e. The molecule has 0 saturated heterocycles. The second-order valence-electron chi connectivity index (χ2n) is 6.44. The van der Waals surface area contributed by atoms with Gasteiger partial charge in [-0.1, -0.05) is 36.4 Å². The molecule has 1 N–H and O–H groups in total. The highest BCUT2D eigenvalue weighted by molar-refractivity contribution is 7.92. The van der Waals surface area contributed by atoms with Crippen LogP contribution in [0.5, 0.6) is 0 Å². The van der Waals surface area contributed by atoms with E-state index in [0.29, 0.717) is 11.6 Å². The number of anilines is 1. The van der Waals surface area contributed by atoms with Crippen LogP contribution in [0.2, 0.25) is 0 Å². The molecule has 128 valence electrons. The molecule has 5 nitrogen and oxygen atoms in total. The van der Waals surface area contributed by atoms with Crippen molar-refractivity contribution in [2.45, 2.75) is 18.9 Å². The fourth-order valence-electron chi connectivity index (χ4n) is 3.51. The van der Waals surface area contributed by atoms with Gasteiger partial charge in [0.1, 0.15) is 5.82 Å². The van der Waals surface area contributed by atoms with Gasteiger partial charge in [0.15, 0.2) is 0 Å². The molecule has 4 rings (SSSR count). The fourth-order valence-corrected chi connectivity index (χ4v) is 4.06. The zero-order chi connectivity index (χ0) is 17.4. The van der Waals surface area contributed by atoms with Gasteiger partial charge >= 0.3 is 0 Å². The Bertz CT molecular complexity index is 1000. The van der Waals surface area contributed by atoms with E-state index in [9.17, 15) is 8.42 Å². The fraction of sp³-hybridized carbons (Fsp3) is 0.211. The Morgan fingerprint density at radius 3 is 2.80 bits per heavy atom. The lowest BCUT2D eigenvalue weighted by molar-refractivity contribution is 0.607. The topological polar surface area (TPSA) is 64.0 Å². The maximum Gasteiger partial charge on any atom is 0.229 e. The number of sulfonamides is 1. The Balaban J connectivity index is 1.70. The van der Waals surface area contributed by atoms with Gasteiger partial charge in [-0.2, -0.15) is 0 Å². The van der Waals surface area contributed by atoms with Crippen molar-refractivity contribution < 1.29 is 8.42 Å². The van der Waals surface area contributed by atoms with E-state index in [0.717, 1.165) is 36.2 Å². The predicted octanol–water partition coefficient (Wildman–Crippen LogP) is 3.26. The van der Waals surface area contributed by atoms with Crippen LogP contribution in [0.15, 0.2) is 60.9 Å².